The molecular weight excluding hydrogens is 388 g/mol. The van der Waals surface area contributed by atoms with Gasteiger partial charge in [0.05, 0.1) is 5.82 Å². The quantitative estimate of drug-likeness (QED) is 0.590. The van der Waals surface area contributed by atoms with Crippen LogP contribution in [0.2, 0.25) is 0 Å². The Kier molecular flexibility index (Phi) is 3.62. The summed E-state index contributed by atoms with van der Waals surface area (Å²) < 4.78 is 0. The SMILES string of the molecule is [Ir].[c-]1ccc2ccccc2c1-c1ncccn1. The van der Waals surface area contributed by atoms with Gasteiger partial charge in [0.2, 0.25) is 0 Å². The van der Waals surface area contributed by atoms with Crippen LogP contribution in [0.1, 0.15) is 0 Å². The van der Waals surface area contributed by atoms with E-state index < -0.39 is 0 Å². The van der Waals surface area contributed by atoms with Crippen LogP contribution in [-0.2, 0) is 20.1 Å². The van der Waals surface area contributed by atoms with Crippen LogP contribution in [0.4, 0.5) is 0 Å². The van der Waals surface area contributed by atoms with Gasteiger partial charge in [-0.25, -0.2) is 0 Å². The summed E-state index contributed by atoms with van der Waals surface area (Å²) in [6, 6.07) is 17.2. The summed E-state index contributed by atoms with van der Waals surface area (Å²) in [5.41, 5.74) is 0.957. The predicted octanol–water partition coefficient (Wildman–Crippen LogP) is 3.09. The fourth-order valence-corrected chi connectivity index (χ4v) is 1.78. The zero-order valence-electron chi connectivity index (χ0n) is 8.92. The predicted molar refractivity (Wildman–Crippen MR) is 63.8 cm³/mol. The third-order valence-corrected chi connectivity index (χ3v) is 2.51. The van der Waals surface area contributed by atoms with Crippen molar-refractivity contribution in [1.82, 2.24) is 9.97 Å². The zero-order chi connectivity index (χ0) is 10.8. The van der Waals surface area contributed by atoms with Gasteiger partial charge in [0.25, 0.3) is 0 Å². The third kappa shape index (κ3) is 2.26. The van der Waals surface area contributed by atoms with E-state index in [2.05, 4.69) is 28.2 Å². The van der Waals surface area contributed by atoms with Crippen molar-refractivity contribution in [2.24, 2.45) is 0 Å². The van der Waals surface area contributed by atoms with Crippen molar-refractivity contribution in [3.63, 3.8) is 0 Å². The Morgan fingerprint density at radius 1 is 0.882 bits per heavy atom. The van der Waals surface area contributed by atoms with Crippen LogP contribution < -0.4 is 0 Å². The molecule has 0 aliphatic rings. The summed E-state index contributed by atoms with van der Waals surface area (Å²) in [6.07, 6.45) is 3.50. The Bertz CT molecular complexity index is 618. The van der Waals surface area contributed by atoms with Crippen LogP contribution in [0.15, 0.2) is 54.9 Å². The molecule has 0 amide bonds. The summed E-state index contributed by atoms with van der Waals surface area (Å²) in [4.78, 5) is 8.51. The molecule has 1 aromatic heterocycles. The van der Waals surface area contributed by atoms with Crippen molar-refractivity contribution >= 4 is 10.8 Å². The number of aromatic nitrogens is 2. The van der Waals surface area contributed by atoms with Crippen LogP contribution in [0.25, 0.3) is 22.2 Å². The molecule has 0 bridgehead atoms. The first-order valence-electron chi connectivity index (χ1n) is 5.12. The van der Waals surface area contributed by atoms with E-state index in [9.17, 15) is 0 Å². The van der Waals surface area contributed by atoms with E-state index in [1.807, 2.05) is 30.3 Å². The molecule has 0 spiro atoms. The molecule has 85 valence electrons. The second-order valence-electron chi connectivity index (χ2n) is 3.51. The van der Waals surface area contributed by atoms with Gasteiger partial charge in [0, 0.05) is 32.5 Å². The largest absolute Gasteiger partial charge is 0.285 e. The third-order valence-electron chi connectivity index (χ3n) is 2.51. The molecule has 1 radical (unpaired) electrons. The molecule has 0 aliphatic heterocycles. The Morgan fingerprint density at radius 2 is 1.65 bits per heavy atom. The minimum Gasteiger partial charge on any atom is -0.285 e. The number of hydrogen-bond acceptors (Lipinski definition) is 2. The average molecular weight is 397 g/mol. The Balaban J connectivity index is 0.00000108. The first kappa shape index (κ1) is 11.9. The fourth-order valence-electron chi connectivity index (χ4n) is 1.78. The zero-order valence-corrected chi connectivity index (χ0v) is 11.3. The molecule has 0 N–H and O–H groups in total. The number of nitrogens with zero attached hydrogens (tertiary/aromatic N) is 2. The van der Waals surface area contributed by atoms with E-state index in [0.717, 1.165) is 16.8 Å². The van der Waals surface area contributed by atoms with Crippen LogP contribution in [0, 0.1) is 6.07 Å². The first-order chi connectivity index (χ1) is 7.95. The Hall–Kier alpha value is -1.57. The number of hydrogen-bond donors (Lipinski definition) is 0. The average Bonchev–Trinajstić information content (AvgIpc) is 2.39. The molecule has 0 aliphatic carbocycles. The van der Waals surface area contributed by atoms with Gasteiger partial charge in [-0.05, 0) is 6.07 Å². The summed E-state index contributed by atoms with van der Waals surface area (Å²) in [5, 5.41) is 2.32. The first-order valence-corrected chi connectivity index (χ1v) is 5.12. The second kappa shape index (κ2) is 5.17. The van der Waals surface area contributed by atoms with Gasteiger partial charge in [-0.15, -0.1) is 23.6 Å². The van der Waals surface area contributed by atoms with E-state index in [4.69, 9.17) is 0 Å². The monoisotopic (exact) mass is 398 g/mol. The molecule has 0 saturated carbocycles. The van der Waals surface area contributed by atoms with Crippen molar-refractivity contribution < 1.29 is 20.1 Å². The number of benzene rings is 2. The number of rotatable bonds is 1. The molecule has 3 rings (SSSR count). The molecule has 0 atom stereocenters. The second-order valence-corrected chi connectivity index (χ2v) is 3.51. The molecular formula is C14H9IrN2-. The van der Waals surface area contributed by atoms with Gasteiger partial charge in [-0.1, -0.05) is 35.2 Å². The van der Waals surface area contributed by atoms with Crippen molar-refractivity contribution in [1.29, 1.82) is 0 Å². The van der Waals surface area contributed by atoms with Crippen LogP contribution in [0.5, 0.6) is 0 Å². The molecule has 0 fully saturated rings. The summed E-state index contributed by atoms with van der Waals surface area (Å²) >= 11 is 0. The standard InChI is InChI=1S/C14H9N2.Ir/c1-2-7-12-11(5-1)6-3-8-13(12)14-15-9-4-10-16-14;/h1-7,9-10H;/q-1;. The van der Waals surface area contributed by atoms with Gasteiger partial charge in [0.15, 0.2) is 0 Å². The van der Waals surface area contributed by atoms with E-state index in [0.29, 0.717) is 0 Å². The molecule has 3 aromatic rings. The van der Waals surface area contributed by atoms with Gasteiger partial charge in [-0.3, -0.25) is 9.97 Å². The van der Waals surface area contributed by atoms with E-state index in [1.165, 1.54) is 5.39 Å². The molecule has 0 saturated heterocycles. The van der Waals surface area contributed by atoms with E-state index in [1.54, 1.807) is 12.4 Å². The van der Waals surface area contributed by atoms with Crippen LogP contribution in [0.3, 0.4) is 0 Å². The van der Waals surface area contributed by atoms with Gasteiger partial charge in [-0.2, -0.15) is 0 Å². The maximum absolute atomic E-state index is 4.26. The maximum Gasteiger partial charge on any atom is 0.0754 e. The normalized spacial score (nSPS) is 9.88. The van der Waals surface area contributed by atoms with Gasteiger partial charge in [0.1, 0.15) is 0 Å². The van der Waals surface area contributed by atoms with Crippen molar-refractivity contribution in [3.05, 3.63) is 60.9 Å². The fraction of sp³-hybridized carbons (Fsp3) is 0. The van der Waals surface area contributed by atoms with E-state index in [-0.39, 0.29) is 20.1 Å². The molecule has 2 aromatic carbocycles. The van der Waals surface area contributed by atoms with Crippen molar-refractivity contribution in [3.8, 4) is 11.4 Å². The molecule has 17 heavy (non-hydrogen) atoms. The van der Waals surface area contributed by atoms with Crippen molar-refractivity contribution in [2.75, 3.05) is 0 Å². The Labute approximate surface area is 113 Å². The summed E-state index contributed by atoms with van der Waals surface area (Å²) in [5.74, 6) is 0.722. The van der Waals surface area contributed by atoms with Gasteiger partial charge >= 0.3 is 0 Å². The van der Waals surface area contributed by atoms with Crippen LogP contribution in [-0.4, -0.2) is 9.97 Å². The maximum atomic E-state index is 4.26. The Morgan fingerprint density at radius 3 is 2.47 bits per heavy atom. The number of fused-ring (bicyclic) bond motifs is 1. The molecule has 1 heterocycles. The van der Waals surface area contributed by atoms with E-state index >= 15 is 0 Å². The molecule has 3 heteroatoms. The minimum absolute atomic E-state index is 0. The minimum atomic E-state index is 0. The summed E-state index contributed by atoms with van der Waals surface area (Å²) in [6.45, 7) is 0. The van der Waals surface area contributed by atoms with Gasteiger partial charge < -0.3 is 0 Å². The molecule has 2 nitrogen and oxygen atoms in total. The topological polar surface area (TPSA) is 25.8 Å². The van der Waals surface area contributed by atoms with Crippen LogP contribution >= 0.6 is 0 Å². The smallest absolute Gasteiger partial charge is 0.0754 e. The summed E-state index contributed by atoms with van der Waals surface area (Å²) in [7, 11) is 0. The molecule has 0 unspecified atom stereocenters. The van der Waals surface area contributed by atoms with Crippen molar-refractivity contribution in [2.45, 2.75) is 0 Å².